The second-order valence-corrected chi connectivity index (χ2v) is 5.76. The minimum atomic E-state index is -3.67. The minimum Gasteiger partial charge on any atom is -0.394 e. The molecular weight excluding hydrogens is 238 g/mol. The monoisotopic (exact) mass is 250 g/mol. The van der Waals surface area contributed by atoms with Gasteiger partial charge in [0.25, 0.3) is 0 Å². The van der Waals surface area contributed by atoms with Gasteiger partial charge < -0.3 is 5.73 Å². The fraction of sp³-hybridized carbons (Fsp3) is 0.333. The number of sulfonamides is 1. The Balaban J connectivity index is 3.14. The summed E-state index contributed by atoms with van der Waals surface area (Å²) >= 11 is 0. The van der Waals surface area contributed by atoms with Crippen molar-refractivity contribution >= 4 is 21.4 Å². The number of benzene rings is 1. The number of hydrogen-bond acceptors (Lipinski definition) is 3. The number of nitrogens with one attached hydrogen (secondary N) is 1. The summed E-state index contributed by atoms with van der Waals surface area (Å²) in [5.41, 5.74) is 4.03. The summed E-state index contributed by atoms with van der Waals surface area (Å²) < 4.78 is 51.0. The van der Waals surface area contributed by atoms with Crippen molar-refractivity contribution in [2.24, 2.45) is 0 Å². The molecule has 0 amide bonds. The number of rotatable bonds is 3. The Labute approximate surface area is 92.5 Å². The minimum absolute atomic E-state index is 0.354. The van der Waals surface area contributed by atoms with E-state index in [-0.39, 0.29) is 5.69 Å². The first-order valence-corrected chi connectivity index (χ1v) is 6.05. The van der Waals surface area contributed by atoms with E-state index < -0.39 is 32.6 Å². The highest BCUT2D eigenvalue weighted by atomic mass is 32.2. The van der Waals surface area contributed by atoms with E-state index in [2.05, 4.69) is 0 Å². The fourth-order valence-electron chi connectivity index (χ4n) is 0.919. The van der Waals surface area contributed by atoms with E-state index in [4.69, 9.17) is 5.73 Å². The highest BCUT2D eigenvalue weighted by Gasteiger charge is 2.19. The van der Waals surface area contributed by atoms with Crippen LogP contribution < -0.4 is 10.5 Å². The van der Waals surface area contributed by atoms with Gasteiger partial charge in [-0.1, -0.05) is 0 Å². The topological polar surface area (TPSA) is 72.2 Å². The van der Waals surface area contributed by atoms with Crippen molar-refractivity contribution < 1.29 is 17.2 Å². The van der Waals surface area contributed by atoms with E-state index in [9.17, 15) is 17.2 Å². The molecule has 3 N–H and O–H groups in total. The van der Waals surface area contributed by atoms with Gasteiger partial charge in [0, 0.05) is 0 Å². The Morgan fingerprint density at radius 2 is 1.88 bits per heavy atom. The van der Waals surface area contributed by atoms with Crippen molar-refractivity contribution in [2.45, 2.75) is 19.1 Å². The summed E-state index contributed by atoms with van der Waals surface area (Å²) in [7, 11) is -3.67. The van der Waals surface area contributed by atoms with Crippen LogP contribution >= 0.6 is 0 Å². The second-order valence-electron chi connectivity index (χ2n) is 3.52. The van der Waals surface area contributed by atoms with Crippen molar-refractivity contribution in [1.29, 1.82) is 0 Å². The normalized spacial score (nSPS) is 11.8. The van der Waals surface area contributed by atoms with Gasteiger partial charge in [-0.2, -0.15) is 0 Å². The molecule has 0 unspecified atom stereocenters. The highest BCUT2D eigenvalue weighted by molar-refractivity contribution is 7.93. The Morgan fingerprint density at radius 3 is 2.38 bits per heavy atom. The molecule has 0 saturated heterocycles. The average Bonchev–Trinajstić information content (AvgIpc) is 2.19. The van der Waals surface area contributed by atoms with Crippen LogP contribution in [-0.4, -0.2) is 13.7 Å². The molecule has 0 spiro atoms. The molecule has 0 bridgehead atoms. The zero-order chi connectivity index (χ0) is 12.5. The third kappa shape index (κ3) is 2.41. The molecule has 0 aliphatic carbocycles. The van der Waals surface area contributed by atoms with Crippen molar-refractivity contribution in [3.05, 3.63) is 23.8 Å². The van der Waals surface area contributed by atoms with Crippen LogP contribution in [0.3, 0.4) is 0 Å². The first-order valence-electron chi connectivity index (χ1n) is 4.51. The Morgan fingerprint density at radius 1 is 1.31 bits per heavy atom. The molecule has 0 saturated carbocycles. The number of nitrogen functional groups attached to an aromatic ring is 1. The number of halogens is 2. The predicted octanol–water partition coefficient (Wildman–Crippen LogP) is 1.70. The Bertz CT molecular complexity index is 500. The summed E-state index contributed by atoms with van der Waals surface area (Å²) in [6.45, 7) is 2.88. The van der Waals surface area contributed by atoms with Gasteiger partial charge in [-0.3, -0.25) is 4.72 Å². The third-order valence-corrected chi connectivity index (χ3v) is 3.75. The van der Waals surface area contributed by atoms with Crippen LogP contribution in [0.4, 0.5) is 20.2 Å². The Hall–Kier alpha value is -1.37. The van der Waals surface area contributed by atoms with Crippen LogP contribution in [0, 0.1) is 11.6 Å². The maximum atomic E-state index is 13.4. The third-order valence-electron chi connectivity index (χ3n) is 2.00. The van der Waals surface area contributed by atoms with E-state index in [1.807, 2.05) is 4.72 Å². The first-order chi connectivity index (χ1) is 7.25. The highest BCUT2D eigenvalue weighted by Crippen LogP contribution is 2.24. The molecule has 1 aromatic rings. The Kier molecular flexibility index (Phi) is 3.37. The number of anilines is 2. The van der Waals surface area contributed by atoms with Gasteiger partial charge in [0.1, 0.15) is 11.5 Å². The van der Waals surface area contributed by atoms with Gasteiger partial charge in [0.05, 0.1) is 10.9 Å². The lowest BCUT2D eigenvalue weighted by Gasteiger charge is -2.12. The van der Waals surface area contributed by atoms with Crippen LogP contribution in [0.2, 0.25) is 0 Å². The van der Waals surface area contributed by atoms with Gasteiger partial charge in [-0.05, 0) is 26.0 Å². The molecule has 0 aliphatic heterocycles. The molecular formula is C9H12F2N2O2S. The zero-order valence-corrected chi connectivity index (χ0v) is 9.61. The summed E-state index contributed by atoms with van der Waals surface area (Å²) in [6, 6.07) is 1.89. The van der Waals surface area contributed by atoms with E-state index in [1.54, 1.807) is 0 Å². The second kappa shape index (κ2) is 4.25. The maximum Gasteiger partial charge on any atom is 0.235 e. The first kappa shape index (κ1) is 12.7. The lowest BCUT2D eigenvalue weighted by atomic mass is 10.2. The van der Waals surface area contributed by atoms with Crippen molar-refractivity contribution in [1.82, 2.24) is 0 Å². The maximum absolute atomic E-state index is 13.4. The molecule has 0 aromatic heterocycles. The van der Waals surface area contributed by atoms with Gasteiger partial charge in [-0.25, -0.2) is 17.2 Å². The van der Waals surface area contributed by atoms with Crippen LogP contribution in [0.15, 0.2) is 12.1 Å². The average molecular weight is 250 g/mol. The summed E-state index contributed by atoms with van der Waals surface area (Å²) in [4.78, 5) is 0. The molecule has 1 aromatic carbocycles. The van der Waals surface area contributed by atoms with Crippen molar-refractivity contribution in [3.8, 4) is 0 Å². The summed E-state index contributed by atoms with van der Waals surface area (Å²) in [6.07, 6.45) is 0. The smallest absolute Gasteiger partial charge is 0.235 e. The van der Waals surface area contributed by atoms with E-state index in [0.29, 0.717) is 0 Å². The quantitative estimate of drug-likeness (QED) is 0.802. The largest absolute Gasteiger partial charge is 0.394 e. The molecule has 0 heterocycles. The molecule has 4 nitrogen and oxygen atoms in total. The lowest BCUT2D eigenvalue weighted by molar-refractivity contribution is 0.585. The van der Waals surface area contributed by atoms with E-state index >= 15 is 0 Å². The summed E-state index contributed by atoms with van der Waals surface area (Å²) in [5, 5.41) is -0.724. The molecule has 90 valence electrons. The van der Waals surface area contributed by atoms with Gasteiger partial charge in [0.15, 0.2) is 5.82 Å². The molecule has 0 aliphatic rings. The molecule has 7 heteroatoms. The predicted molar refractivity (Wildman–Crippen MR) is 58.4 cm³/mol. The molecule has 16 heavy (non-hydrogen) atoms. The van der Waals surface area contributed by atoms with E-state index in [0.717, 1.165) is 12.1 Å². The fourth-order valence-corrected chi connectivity index (χ4v) is 1.62. The molecule has 0 atom stereocenters. The standard InChI is InChI=1S/C9H12F2N2O2S/c1-5(2)16(14,15)13-7-4-3-6(10)9(12)8(7)11/h3-5,13H,12H2,1-2H3. The van der Waals surface area contributed by atoms with Crippen LogP contribution in [-0.2, 0) is 10.0 Å². The zero-order valence-electron chi connectivity index (χ0n) is 8.79. The summed E-state index contributed by atoms with van der Waals surface area (Å²) in [5.74, 6) is -2.03. The lowest BCUT2D eigenvalue weighted by Crippen LogP contribution is -2.23. The number of hydrogen-bond donors (Lipinski definition) is 2. The van der Waals surface area contributed by atoms with Gasteiger partial charge in [-0.15, -0.1) is 0 Å². The molecule has 0 radical (unpaired) electrons. The van der Waals surface area contributed by atoms with E-state index in [1.165, 1.54) is 13.8 Å². The van der Waals surface area contributed by atoms with Crippen molar-refractivity contribution in [2.75, 3.05) is 10.5 Å². The molecule has 1 rings (SSSR count). The van der Waals surface area contributed by atoms with Gasteiger partial charge >= 0.3 is 0 Å². The SMILES string of the molecule is CC(C)S(=O)(=O)Nc1ccc(F)c(N)c1F. The van der Waals surface area contributed by atoms with Crippen LogP contribution in [0.5, 0.6) is 0 Å². The molecule has 0 fully saturated rings. The van der Waals surface area contributed by atoms with Crippen molar-refractivity contribution in [3.63, 3.8) is 0 Å². The number of nitrogens with two attached hydrogens (primary N) is 1. The van der Waals surface area contributed by atoms with Crippen LogP contribution in [0.25, 0.3) is 0 Å². The van der Waals surface area contributed by atoms with Crippen LogP contribution in [0.1, 0.15) is 13.8 Å². The van der Waals surface area contributed by atoms with Gasteiger partial charge in [0.2, 0.25) is 10.0 Å².